The van der Waals surface area contributed by atoms with Crippen LogP contribution in [0.1, 0.15) is 18.4 Å². The van der Waals surface area contributed by atoms with Crippen LogP contribution in [0.15, 0.2) is 18.2 Å². The highest BCUT2D eigenvalue weighted by atomic mass is 32.1. The van der Waals surface area contributed by atoms with Gasteiger partial charge in [0.1, 0.15) is 5.82 Å². The number of nitrogens with zero attached hydrogens (tertiary/aromatic N) is 1. The number of benzene rings is 1. The maximum atomic E-state index is 13.5. The second-order valence-corrected chi connectivity index (χ2v) is 4.05. The molecular weight excluding hydrogens is 213 g/mol. The van der Waals surface area contributed by atoms with Gasteiger partial charge in [0.2, 0.25) is 5.91 Å². The van der Waals surface area contributed by atoms with Crippen LogP contribution < -0.4 is 4.90 Å². The highest BCUT2D eigenvalue weighted by Crippen LogP contribution is 2.26. The van der Waals surface area contributed by atoms with Crippen molar-refractivity contribution < 1.29 is 9.18 Å². The van der Waals surface area contributed by atoms with Gasteiger partial charge in [0.25, 0.3) is 0 Å². The Balaban J connectivity index is 2.48. The smallest absolute Gasteiger partial charge is 0.232 e. The molecule has 0 aromatic heterocycles. The van der Waals surface area contributed by atoms with Crippen LogP contribution in [-0.4, -0.2) is 10.9 Å². The summed E-state index contributed by atoms with van der Waals surface area (Å²) in [5.74, 6) is -0.525. The molecule has 0 atom stereocenters. The number of anilines is 1. The van der Waals surface area contributed by atoms with E-state index in [1.165, 1.54) is 11.0 Å². The molecule has 0 spiro atoms. The number of thiocarbonyl (C=S) groups is 1. The zero-order valence-corrected chi connectivity index (χ0v) is 9.10. The third-order valence-corrected chi connectivity index (χ3v) is 2.78. The molecule has 2 nitrogen and oxygen atoms in total. The van der Waals surface area contributed by atoms with Gasteiger partial charge in [-0.05, 0) is 24.6 Å². The summed E-state index contributed by atoms with van der Waals surface area (Å²) < 4.78 is 13.5. The van der Waals surface area contributed by atoms with Crippen molar-refractivity contribution in [2.75, 3.05) is 4.90 Å². The lowest BCUT2D eigenvalue weighted by molar-refractivity contribution is -0.116. The second-order valence-electron chi connectivity index (χ2n) is 3.58. The Morgan fingerprint density at radius 2 is 2.13 bits per heavy atom. The van der Waals surface area contributed by atoms with Crippen molar-refractivity contribution in [3.8, 4) is 0 Å². The van der Waals surface area contributed by atoms with E-state index >= 15 is 0 Å². The highest BCUT2D eigenvalue weighted by Gasteiger charge is 2.28. The molecule has 1 heterocycles. The van der Waals surface area contributed by atoms with E-state index in [9.17, 15) is 9.18 Å². The van der Waals surface area contributed by atoms with Gasteiger partial charge in [0.15, 0.2) is 0 Å². The number of carbonyl (C=O) groups is 1. The highest BCUT2D eigenvalue weighted by molar-refractivity contribution is 7.80. The van der Waals surface area contributed by atoms with Crippen LogP contribution in [0.5, 0.6) is 0 Å². The fourth-order valence-corrected chi connectivity index (χ4v) is 1.94. The molecule has 1 aromatic carbocycles. The van der Waals surface area contributed by atoms with Gasteiger partial charge in [-0.3, -0.25) is 9.69 Å². The number of amides is 1. The first-order valence-electron chi connectivity index (χ1n) is 4.71. The Bertz CT molecular complexity index is 428. The molecule has 1 aromatic rings. The van der Waals surface area contributed by atoms with Gasteiger partial charge in [0, 0.05) is 12.8 Å². The van der Waals surface area contributed by atoms with Crippen molar-refractivity contribution in [1.82, 2.24) is 0 Å². The lowest BCUT2D eigenvalue weighted by Crippen LogP contribution is -2.28. The number of aryl methyl sites for hydroxylation is 1. The number of carbonyl (C=O) groups excluding carboxylic acids is 1. The number of halogens is 1. The predicted molar refractivity (Wildman–Crippen MR) is 60.5 cm³/mol. The molecule has 0 unspecified atom stereocenters. The van der Waals surface area contributed by atoms with Crippen molar-refractivity contribution in [3.05, 3.63) is 29.6 Å². The van der Waals surface area contributed by atoms with Crippen molar-refractivity contribution in [1.29, 1.82) is 0 Å². The first-order chi connectivity index (χ1) is 7.09. The van der Waals surface area contributed by atoms with E-state index in [2.05, 4.69) is 0 Å². The molecule has 0 saturated carbocycles. The van der Waals surface area contributed by atoms with E-state index in [4.69, 9.17) is 12.2 Å². The van der Waals surface area contributed by atoms with E-state index in [1.807, 2.05) is 6.92 Å². The summed E-state index contributed by atoms with van der Waals surface area (Å²) in [6.07, 6.45) is 0.924. The third-order valence-electron chi connectivity index (χ3n) is 2.39. The number of hydrogen-bond donors (Lipinski definition) is 0. The normalized spacial score (nSPS) is 16.3. The summed E-state index contributed by atoms with van der Waals surface area (Å²) in [5, 5.41) is 0. The molecule has 0 N–H and O–H groups in total. The molecule has 4 heteroatoms. The number of hydrogen-bond acceptors (Lipinski definition) is 2. The summed E-state index contributed by atoms with van der Waals surface area (Å²) >= 11 is 5.04. The minimum absolute atomic E-state index is 0.121. The Labute approximate surface area is 92.7 Å². The van der Waals surface area contributed by atoms with Crippen LogP contribution in [-0.2, 0) is 4.79 Å². The molecule has 1 aliphatic heterocycles. The molecule has 2 rings (SSSR count). The van der Waals surface area contributed by atoms with Crippen LogP contribution in [0, 0.1) is 12.7 Å². The Morgan fingerprint density at radius 1 is 1.40 bits per heavy atom. The Kier molecular flexibility index (Phi) is 2.52. The van der Waals surface area contributed by atoms with E-state index in [0.29, 0.717) is 17.8 Å². The molecule has 0 aliphatic carbocycles. The molecular formula is C11H10FNOS. The van der Waals surface area contributed by atoms with Crippen molar-refractivity contribution in [2.45, 2.75) is 19.8 Å². The predicted octanol–water partition coefficient (Wildman–Crippen LogP) is 2.59. The van der Waals surface area contributed by atoms with Crippen molar-refractivity contribution >= 4 is 28.8 Å². The summed E-state index contributed by atoms with van der Waals surface area (Å²) in [6.45, 7) is 1.85. The van der Waals surface area contributed by atoms with Crippen LogP contribution >= 0.6 is 12.2 Å². The minimum atomic E-state index is -0.404. The van der Waals surface area contributed by atoms with Crippen molar-refractivity contribution in [2.24, 2.45) is 0 Å². The topological polar surface area (TPSA) is 20.3 Å². The van der Waals surface area contributed by atoms with E-state index in [1.54, 1.807) is 12.1 Å². The van der Waals surface area contributed by atoms with Gasteiger partial charge >= 0.3 is 0 Å². The maximum absolute atomic E-state index is 13.5. The van der Waals surface area contributed by atoms with Gasteiger partial charge in [-0.15, -0.1) is 0 Å². The first-order valence-corrected chi connectivity index (χ1v) is 5.12. The largest absolute Gasteiger partial charge is 0.274 e. The second kappa shape index (κ2) is 3.70. The third kappa shape index (κ3) is 1.77. The maximum Gasteiger partial charge on any atom is 0.232 e. The lowest BCUT2D eigenvalue weighted by Gasteiger charge is -2.17. The van der Waals surface area contributed by atoms with Gasteiger partial charge in [-0.2, -0.15) is 0 Å². The average molecular weight is 223 g/mol. The van der Waals surface area contributed by atoms with Gasteiger partial charge in [0.05, 0.1) is 10.7 Å². The van der Waals surface area contributed by atoms with Gasteiger partial charge < -0.3 is 0 Å². The standard InChI is InChI=1S/C11H10FNOS/c1-7-2-3-8(12)9(6-7)13-10(14)4-5-11(13)15/h2-3,6H,4-5H2,1H3. The van der Waals surface area contributed by atoms with Crippen LogP contribution in [0.4, 0.5) is 10.1 Å². The Hall–Kier alpha value is -1.29. The fourth-order valence-electron chi connectivity index (χ4n) is 1.64. The quantitative estimate of drug-likeness (QED) is 0.682. The average Bonchev–Trinajstić information content (AvgIpc) is 2.51. The summed E-state index contributed by atoms with van der Waals surface area (Å²) in [7, 11) is 0. The van der Waals surface area contributed by atoms with Gasteiger partial charge in [-0.25, -0.2) is 4.39 Å². The zero-order chi connectivity index (χ0) is 11.0. The fraction of sp³-hybridized carbons (Fsp3) is 0.273. The zero-order valence-electron chi connectivity index (χ0n) is 8.29. The lowest BCUT2D eigenvalue weighted by atomic mass is 10.2. The molecule has 0 bridgehead atoms. The Morgan fingerprint density at radius 3 is 2.73 bits per heavy atom. The molecule has 1 fully saturated rings. The molecule has 0 radical (unpaired) electrons. The van der Waals surface area contributed by atoms with Gasteiger partial charge in [-0.1, -0.05) is 18.3 Å². The molecule has 1 saturated heterocycles. The summed E-state index contributed by atoms with van der Waals surface area (Å²) in [4.78, 5) is 13.3. The first kappa shape index (κ1) is 10.2. The van der Waals surface area contributed by atoms with E-state index in [-0.39, 0.29) is 11.6 Å². The number of rotatable bonds is 1. The van der Waals surface area contributed by atoms with E-state index < -0.39 is 5.82 Å². The van der Waals surface area contributed by atoms with Crippen molar-refractivity contribution in [3.63, 3.8) is 0 Å². The SMILES string of the molecule is Cc1ccc(F)c(N2C(=O)CCC2=S)c1. The van der Waals surface area contributed by atoms with Crippen LogP contribution in [0.2, 0.25) is 0 Å². The minimum Gasteiger partial charge on any atom is -0.274 e. The van der Waals surface area contributed by atoms with E-state index in [0.717, 1.165) is 5.56 Å². The molecule has 78 valence electrons. The molecule has 1 aliphatic rings. The molecule has 15 heavy (non-hydrogen) atoms. The summed E-state index contributed by atoms with van der Waals surface area (Å²) in [5.41, 5.74) is 1.19. The monoisotopic (exact) mass is 223 g/mol. The summed E-state index contributed by atoms with van der Waals surface area (Å²) in [6, 6.07) is 4.67. The van der Waals surface area contributed by atoms with Crippen LogP contribution in [0.3, 0.4) is 0 Å². The molecule has 1 amide bonds. The van der Waals surface area contributed by atoms with Crippen LogP contribution in [0.25, 0.3) is 0 Å².